The minimum Gasteiger partial charge on any atom is -0.455 e. The van der Waals surface area contributed by atoms with Crippen LogP contribution in [-0.2, 0) is 14.3 Å². The van der Waals surface area contributed by atoms with Crippen molar-refractivity contribution in [3.05, 3.63) is 48.1 Å². The summed E-state index contributed by atoms with van der Waals surface area (Å²) in [5, 5.41) is 45.3. The van der Waals surface area contributed by atoms with Crippen LogP contribution in [0.5, 0.6) is 0 Å². The molecule has 0 aliphatic heterocycles. The van der Waals surface area contributed by atoms with Crippen molar-refractivity contribution >= 4 is 11.8 Å². The van der Waals surface area contributed by atoms with E-state index in [2.05, 4.69) is 6.58 Å². The number of ketones is 1. The first kappa shape index (κ1) is 24.1. The lowest BCUT2D eigenvalue weighted by Gasteiger charge is -2.52. The average molecular weight is 459 g/mol. The summed E-state index contributed by atoms with van der Waals surface area (Å²) in [5.74, 6) is -3.90. The lowest BCUT2D eigenvalue weighted by Crippen LogP contribution is -2.65. The van der Waals surface area contributed by atoms with Gasteiger partial charge < -0.3 is 25.2 Å². The number of ether oxygens (including phenoxy) is 1. The molecule has 0 spiro atoms. The molecule has 2 saturated carbocycles. The minimum atomic E-state index is -1.90. The summed E-state index contributed by atoms with van der Waals surface area (Å²) in [5.41, 5.74) is -4.71. The lowest BCUT2D eigenvalue weighted by atomic mass is 9.59. The quantitative estimate of drug-likeness (QED) is 0.280. The van der Waals surface area contributed by atoms with E-state index in [1.165, 1.54) is 0 Å². The minimum absolute atomic E-state index is 0.0170. The molecule has 0 aromatic heterocycles. The fourth-order valence-electron chi connectivity index (χ4n) is 7.16. The van der Waals surface area contributed by atoms with Gasteiger partial charge >= 0.3 is 5.97 Å². The van der Waals surface area contributed by atoms with Crippen molar-refractivity contribution in [2.24, 2.45) is 29.1 Å². The highest BCUT2D eigenvalue weighted by molar-refractivity contribution is 6.04. The van der Waals surface area contributed by atoms with Gasteiger partial charge in [-0.2, -0.15) is 0 Å². The zero-order valence-electron chi connectivity index (χ0n) is 19.6. The first-order valence-electron chi connectivity index (χ1n) is 11.5. The van der Waals surface area contributed by atoms with E-state index in [1.807, 2.05) is 13.8 Å². The molecule has 4 aliphatic carbocycles. The molecular weight excluding hydrogens is 424 g/mol. The smallest absolute Gasteiger partial charge is 0.310 e. The second-order valence-corrected chi connectivity index (χ2v) is 10.7. The number of fused-ring (bicyclic) bond motifs is 5. The van der Waals surface area contributed by atoms with Crippen molar-refractivity contribution in [2.75, 3.05) is 6.61 Å². The number of aliphatic hydroxyl groups excluding tert-OH is 2. The van der Waals surface area contributed by atoms with E-state index in [-0.39, 0.29) is 19.4 Å². The number of aliphatic hydroxyl groups is 4. The van der Waals surface area contributed by atoms with Crippen LogP contribution in [0.4, 0.5) is 0 Å². The van der Waals surface area contributed by atoms with Crippen molar-refractivity contribution in [1.29, 1.82) is 0 Å². The molecule has 4 rings (SSSR count). The van der Waals surface area contributed by atoms with Crippen LogP contribution < -0.4 is 0 Å². The van der Waals surface area contributed by atoms with Gasteiger partial charge in [0.15, 0.2) is 5.78 Å². The van der Waals surface area contributed by atoms with Gasteiger partial charge in [-0.3, -0.25) is 9.59 Å². The number of esters is 1. The molecule has 2 fully saturated rings. The molecule has 0 unspecified atom stereocenters. The summed E-state index contributed by atoms with van der Waals surface area (Å²) < 4.78 is 5.96. The fourth-order valence-corrected chi connectivity index (χ4v) is 7.16. The van der Waals surface area contributed by atoms with E-state index in [1.54, 1.807) is 44.2 Å². The third kappa shape index (κ3) is 2.89. The summed E-state index contributed by atoms with van der Waals surface area (Å²) in [4.78, 5) is 25.6. The van der Waals surface area contributed by atoms with Gasteiger partial charge in [-0.1, -0.05) is 57.7 Å². The van der Waals surface area contributed by atoms with Gasteiger partial charge in [0.25, 0.3) is 0 Å². The largest absolute Gasteiger partial charge is 0.455 e. The van der Waals surface area contributed by atoms with E-state index in [0.717, 1.165) is 0 Å². The maximum absolute atomic E-state index is 12.9. The van der Waals surface area contributed by atoms with Crippen molar-refractivity contribution < 1.29 is 34.8 Å². The van der Waals surface area contributed by atoms with Crippen LogP contribution in [0, 0.1) is 29.1 Å². The summed E-state index contributed by atoms with van der Waals surface area (Å²) in [6, 6.07) is 0. The van der Waals surface area contributed by atoms with Crippen molar-refractivity contribution in [3.8, 4) is 0 Å². The van der Waals surface area contributed by atoms with E-state index < -0.39 is 63.7 Å². The molecule has 0 aromatic rings. The number of hydrogen-bond acceptors (Lipinski definition) is 7. The molecule has 0 saturated heterocycles. The Morgan fingerprint density at radius 3 is 2.58 bits per heavy atom. The van der Waals surface area contributed by atoms with Crippen LogP contribution in [0.25, 0.3) is 0 Å². The molecule has 0 bridgehead atoms. The highest BCUT2D eigenvalue weighted by Crippen LogP contribution is 2.76. The predicted molar refractivity (Wildman–Crippen MR) is 121 cm³/mol. The molecule has 0 radical (unpaired) electrons. The number of carbonyl (C=O) groups is 2. The SMILES string of the molecule is C=C/C=C/CC(=O)O[C@@]12[C@H](O)[C@@H](C)[C@@]3(O)[C@@H](C=C(CO)C[C@]4(O)C(=O)C(C)=C[C@@H]34)[C@H]1C2(C)C. The lowest BCUT2D eigenvalue weighted by molar-refractivity contribution is -0.219. The van der Waals surface area contributed by atoms with Gasteiger partial charge in [-0.15, -0.1) is 0 Å². The molecule has 4 aliphatic rings. The monoisotopic (exact) mass is 458 g/mol. The molecule has 0 aromatic carbocycles. The van der Waals surface area contributed by atoms with E-state index in [9.17, 15) is 30.0 Å². The molecular formula is C26H34O7. The molecule has 4 N–H and O–H groups in total. The molecule has 7 nitrogen and oxygen atoms in total. The normalized spacial score (nSPS) is 45.3. The van der Waals surface area contributed by atoms with Crippen molar-refractivity contribution in [3.63, 3.8) is 0 Å². The molecule has 180 valence electrons. The summed E-state index contributed by atoms with van der Waals surface area (Å²) in [6.45, 7) is 10.2. The van der Waals surface area contributed by atoms with Crippen LogP contribution in [0.3, 0.4) is 0 Å². The topological polar surface area (TPSA) is 124 Å². The third-order valence-electron chi connectivity index (χ3n) is 8.83. The van der Waals surface area contributed by atoms with Gasteiger partial charge in [-0.25, -0.2) is 0 Å². The van der Waals surface area contributed by atoms with Gasteiger partial charge in [0.2, 0.25) is 0 Å². The highest BCUT2D eigenvalue weighted by atomic mass is 16.6. The number of rotatable bonds is 5. The van der Waals surface area contributed by atoms with Crippen LogP contribution in [0.2, 0.25) is 0 Å². The Kier molecular flexibility index (Phi) is 5.45. The molecule has 0 heterocycles. The maximum atomic E-state index is 12.9. The van der Waals surface area contributed by atoms with Crippen LogP contribution in [-0.4, -0.2) is 61.7 Å². The molecule has 8 atom stereocenters. The highest BCUT2D eigenvalue weighted by Gasteiger charge is 2.86. The first-order chi connectivity index (χ1) is 15.3. The first-order valence-corrected chi connectivity index (χ1v) is 11.5. The number of carbonyl (C=O) groups excluding carboxylic acids is 2. The van der Waals surface area contributed by atoms with Gasteiger partial charge in [0.1, 0.15) is 11.2 Å². The standard InChI is InChI=1S/C26H34O7/c1-6-7-8-9-19(28)33-26-20(23(26,4)5)17-11-16(13-27)12-24(31)18(10-14(2)21(24)29)25(17,32)15(3)22(26)30/h6-8,10-11,15,17-18,20,22,27,30-32H,1,9,12-13H2,2-5H3/b8-7+/t15-,17+,18-,20+,22-,24-,25-,26-/m1/s1. The van der Waals surface area contributed by atoms with Crippen molar-refractivity contribution in [1.82, 2.24) is 0 Å². The summed E-state index contributed by atoms with van der Waals surface area (Å²) in [6.07, 6.45) is 6.84. The van der Waals surface area contributed by atoms with Crippen LogP contribution >= 0.6 is 0 Å². The van der Waals surface area contributed by atoms with Gasteiger partial charge in [0.05, 0.1) is 24.7 Å². The summed E-state index contributed by atoms with van der Waals surface area (Å²) in [7, 11) is 0. The summed E-state index contributed by atoms with van der Waals surface area (Å²) >= 11 is 0. The third-order valence-corrected chi connectivity index (χ3v) is 8.83. The van der Waals surface area contributed by atoms with Crippen LogP contribution in [0.15, 0.2) is 48.1 Å². The Hall–Kier alpha value is -2.06. The Morgan fingerprint density at radius 1 is 1.30 bits per heavy atom. The Labute approximate surface area is 194 Å². The zero-order chi connectivity index (χ0) is 24.6. The Bertz CT molecular complexity index is 991. The van der Waals surface area contributed by atoms with Crippen molar-refractivity contribution in [2.45, 2.75) is 63.4 Å². The Morgan fingerprint density at radius 2 is 1.97 bits per heavy atom. The van der Waals surface area contributed by atoms with Crippen LogP contribution in [0.1, 0.15) is 40.5 Å². The molecule has 7 heteroatoms. The molecule has 0 amide bonds. The van der Waals surface area contributed by atoms with E-state index in [4.69, 9.17) is 4.74 Å². The number of allylic oxidation sites excluding steroid dienone is 2. The van der Waals surface area contributed by atoms with E-state index in [0.29, 0.717) is 11.1 Å². The van der Waals surface area contributed by atoms with Gasteiger partial charge in [-0.05, 0) is 18.1 Å². The average Bonchev–Trinajstić information content (AvgIpc) is 3.18. The number of hydrogen-bond donors (Lipinski definition) is 4. The van der Waals surface area contributed by atoms with E-state index >= 15 is 0 Å². The predicted octanol–water partition coefficient (Wildman–Crippen LogP) is 1.61. The number of Topliss-reactive ketones (excluding diaryl/α,β-unsaturated/α-hetero) is 1. The second kappa shape index (κ2) is 7.47. The Balaban J connectivity index is 1.82. The van der Waals surface area contributed by atoms with Gasteiger partial charge in [0, 0.05) is 35.5 Å². The zero-order valence-corrected chi connectivity index (χ0v) is 19.6. The molecule has 33 heavy (non-hydrogen) atoms. The second-order valence-electron chi connectivity index (χ2n) is 10.7. The fraction of sp³-hybridized carbons (Fsp3) is 0.615. The maximum Gasteiger partial charge on any atom is 0.310 e.